The monoisotopic (exact) mass is 454 g/mol. The molecule has 0 aliphatic carbocycles. The van der Waals surface area contributed by atoms with E-state index in [0.717, 1.165) is 28.6 Å². The van der Waals surface area contributed by atoms with Crippen LogP contribution in [-0.4, -0.2) is 36.3 Å². The number of sulfonamides is 1. The summed E-state index contributed by atoms with van der Waals surface area (Å²) < 4.78 is 33.1. The molecule has 0 amide bonds. The van der Waals surface area contributed by atoms with Gasteiger partial charge in [0.15, 0.2) is 0 Å². The van der Waals surface area contributed by atoms with Crippen LogP contribution in [0.15, 0.2) is 53.4 Å². The summed E-state index contributed by atoms with van der Waals surface area (Å²) >= 11 is 6.04. The van der Waals surface area contributed by atoms with Crippen LogP contribution in [0.5, 0.6) is 0 Å². The molecule has 0 saturated heterocycles. The van der Waals surface area contributed by atoms with Gasteiger partial charge in [0.05, 0.1) is 16.4 Å². The molecule has 0 unspecified atom stereocenters. The van der Waals surface area contributed by atoms with E-state index >= 15 is 0 Å². The summed E-state index contributed by atoms with van der Waals surface area (Å²) in [5.41, 5.74) is 0.351. The minimum absolute atomic E-state index is 0.102. The first kappa shape index (κ1) is 23.8. The number of hydrogen-bond acceptors (Lipinski definition) is 6. The molecule has 10 heteroatoms. The number of halogens is 1. The Labute approximate surface area is 180 Å². The first-order chi connectivity index (χ1) is 14.1. The number of carbonyl (C=O) groups excluding carboxylic acids is 1. The molecular formula is C20H23ClN2O6S. The molecule has 0 N–H and O–H groups in total. The highest BCUT2D eigenvalue weighted by atomic mass is 35.5. The van der Waals surface area contributed by atoms with Crippen molar-refractivity contribution >= 4 is 33.3 Å². The van der Waals surface area contributed by atoms with Crippen molar-refractivity contribution in [1.29, 1.82) is 0 Å². The van der Waals surface area contributed by atoms with Crippen LogP contribution < -0.4 is 0 Å². The molecule has 0 fully saturated rings. The largest absolute Gasteiger partial charge is 0.465 e. The highest BCUT2D eigenvalue weighted by Crippen LogP contribution is 2.27. The van der Waals surface area contributed by atoms with E-state index in [-0.39, 0.29) is 23.7 Å². The van der Waals surface area contributed by atoms with Gasteiger partial charge in [0.1, 0.15) is 6.04 Å². The summed E-state index contributed by atoms with van der Waals surface area (Å²) in [4.78, 5) is 22.8. The van der Waals surface area contributed by atoms with Crippen LogP contribution >= 0.6 is 11.6 Å². The van der Waals surface area contributed by atoms with Gasteiger partial charge in [-0.05, 0) is 42.7 Å². The normalized spacial score (nSPS) is 12.7. The van der Waals surface area contributed by atoms with Gasteiger partial charge in [-0.15, -0.1) is 0 Å². The van der Waals surface area contributed by atoms with E-state index in [0.29, 0.717) is 10.6 Å². The zero-order valence-electron chi connectivity index (χ0n) is 16.8. The average molecular weight is 455 g/mol. The van der Waals surface area contributed by atoms with Gasteiger partial charge < -0.3 is 4.74 Å². The van der Waals surface area contributed by atoms with Crippen LogP contribution in [0.1, 0.15) is 26.3 Å². The lowest BCUT2D eigenvalue weighted by atomic mass is 10.0. The second-order valence-corrected chi connectivity index (χ2v) is 9.20. The molecule has 2 rings (SSSR count). The number of nitro benzene ring substituents is 1. The minimum Gasteiger partial charge on any atom is -0.465 e. The molecule has 2 aromatic carbocycles. The standard InChI is InChI=1S/C20H23ClN2O6S/c1-4-29-20(24)19(14(2)3)22(13-15-6-5-7-16(21)12-15)30(27,28)18-10-8-17(9-11-18)23(25)26/h5-12,14,19H,4,13H2,1-3H3/t19-/m1/s1. The third-order valence-electron chi connectivity index (χ3n) is 4.35. The van der Waals surface area contributed by atoms with Gasteiger partial charge in [0, 0.05) is 23.7 Å². The van der Waals surface area contributed by atoms with Gasteiger partial charge in [-0.3, -0.25) is 14.9 Å². The number of nitro groups is 1. The summed E-state index contributed by atoms with van der Waals surface area (Å²) in [6.45, 7) is 5.06. The summed E-state index contributed by atoms with van der Waals surface area (Å²) in [5, 5.41) is 11.3. The first-order valence-corrected chi connectivity index (χ1v) is 11.1. The van der Waals surface area contributed by atoms with Crippen LogP contribution in [0.25, 0.3) is 0 Å². The van der Waals surface area contributed by atoms with Gasteiger partial charge in [-0.2, -0.15) is 4.31 Å². The molecular weight excluding hydrogens is 432 g/mol. The minimum atomic E-state index is -4.20. The smallest absolute Gasteiger partial charge is 0.324 e. The number of benzene rings is 2. The molecule has 0 aliphatic rings. The van der Waals surface area contributed by atoms with Crippen molar-refractivity contribution in [3.8, 4) is 0 Å². The Hall–Kier alpha value is -2.49. The Morgan fingerprint density at radius 3 is 2.33 bits per heavy atom. The second-order valence-electron chi connectivity index (χ2n) is 6.87. The maximum absolute atomic E-state index is 13.5. The van der Waals surface area contributed by atoms with E-state index in [4.69, 9.17) is 16.3 Å². The Kier molecular flexibility index (Phi) is 7.94. The summed E-state index contributed by atoms with van der Waals surface area (Å²) in [6.07, 6.45) is 0. The first-order valence-electron chi connectivity index (χ1n) is 9.25. The van der Waals surface area contributed by atoms with Gasteiger partial charge >= 0.3 is 5.97 Å². The Balaban J connectivity index is 2.57. The molecule has 1 atom stereocenters. The number of rotatable bonds is 9. The van der Waals surface area contributed by atoms with Crippen molar-refractivity contribution in [3.63, 3.8) is 0 Å². The predicted molar refractivity (Wildman–Crippen MR) is 113 cm³/mol. The van der Waals surface area contributed by atoms with E-state index < -0.39 is 32.9 Å². The van der Waals surface area contributed by atoms with Crippen molar-refractivity contribution in [3.05, 3.63) is 69.2 Å². The van der Waals surface area contributed by atoms with E-state index in [9.17, 15) is 23.3 Å². The van der Waals surface area contributed by atoms with Crippen molar-refractivity contribution in [1.82, 2.24) is 4.31 Å². The lowest BCUT2D eigenvalue weighted by molar-refractivity contribution is -0.384. The second kappa shape index (κ2) is 10.0. The van der Waals surface area contributed by atoms with E-state index in [2.05, 4.69) is 0 Å². The zero-order chi connectivity index (χ0) is 22.5. The maximum Gasteiger partial charge on any atom is 0.324 e. The van der Waals surface area contributed by atoms with Crippen LogP contribution in [0.4, 0.5) is 5.69 Å². The highest BCUT2D eigenvalue weighted by molar-refractivity contribution is 7.89. The Morgan fingerprint density at radius 2 is 1.83 bits per heavy atom. The Morgan fingerprint density at radius 1 is 1.20 bits per heavy atom. The zero-order valence-corrected chi connectivity index (χ0v) is 18.4. The number of ether oxygens (including phenoxy) is 1. The molecule has 162 valence electrons. The van der Waals surface area contributed by atoms with E-state index in [1.54, 1.807) is 45.0 Å². The molecule has 0 heterocycles. The van der Waals surface area contributed by atoms with Gasteiger partial charge in [0.25, 0.3) is 5.69 Å². The van der Waals surface area contributed by atoms with Crippen molar-refractivity contribution < 1.29 is 22.9 Å². The summed E-state index contributed by atoms with van der Waals surface area (Å²) in [7, 11) is -4.20. The van der Waals surface area contributed by atoms with E-state index in [1.807, 2.05) is 0 Å². The van der Waals surface area contributed by atoms with Crippen molar-refractivity contribution in [2.45, 2.75) is 38.3 Å². The topological polar surface area (TPSA) is 107 Å². The number of nitrogens with zero attached hydrogens (tertiary/aromatic N) is 2. The van der Waals surface area contributed by atoms with Gasteiger partial charge in [-0.1, -0.05) is 37.6 Å². The van der Waals surface area contributed by atoms with E-state index in [1.165, 1.54) is 0 Å². The molecule has 0 saturated carbocycles. The third kappa shape index (κ3) is 5.56. The van der Waals surface area contributed by atoms with Crippen LogP contribution in [0, 0.1) is 16.0 Å². The highest BCUT2D eigenvalue weighted by Gasteiger charge is 2.39. The molecule has 30 heavy (non-hydrogen) atoms. The Bertz CT molecular complexity index is 1010. The average Bonchev–Trinajstić information content (AvgIpc) is 2.67. The number of non-ortho nitro benzene ring substituents is 1. The predicted octanol–water partition coefficient (Wildman–Crippen LogP) is 4.03. The number of hydrogen-bond donors (Lipinski definition) is 0. The lowest BCUT2D eigenvalue weighted by Gasteiger charge is -2.32. The fourth-order valence-electron chi connectivity index (χ4n) is 2.97. The van der Waals surface area contributed by atoms with Gasteiger partial charge in [0.2, 0.25) is 10.0 Å². The SMILES string of the molecule is CCOC(=O)[C@@H](C(C)C)N(Cc1cccc(Cl)c1)S(=O)(=O)c1ccc([N+](=O)[O-])cc1. The van der Waals surface area contributed by atoms with Crippen molar-refractivity contribution in [2.75, 3.05) is 6.61 Å². The van der Waals surface area contributed by atoms with Crippen LogP contribution in [0.3, 0.4) is 0 Å². The maximum atomic E-state index is 13.5. The molecule has 2 aromatic rings. The molecule has 8 nitrogen and oxygen atoms in total. The van der Waals surface area contributed by atoms with Crippen LogP contribution in [-0.2, 0) is 26.1 Å². The molecule has 0 aliphatic heterocycles. The quantitative estimate of drug-likeness (QED) is 0.321. The number of esters is 1. The summed E-state index contributed by atoms with van der Waals surface area (Å²) in [6, 6.07) is 10.1. The molecule has 0 aromatic heterocycles. The number of carbonyl (C=O) groups is 1. The molecule has 0 spiro atoms. The van der Waals surface area contributed by atoms with Crippen molar-refractivity contribution in [2.24, 2.45) is 5.92 Å². The molecule has 0 bridgehead atoms. The lowest BCUT2D eigenvalue weighted by Crippen LogP contribution is -2.48. The third-order valence-corrected chi connectivity index (χ3v) is 6.43. The fraction of sp³-hybridized carbons (Fsp3) is 0.350. The van der Waals surface area contributed by atoms with Crippen LogP contribution in [0.2, 0.25) is 5.02 Å². The van der Waals surface area contributed by atoms with Gasteiger partial charge in [-0.25, -0.2) is 8.42 Å². The molecule has 0 radical (unpaired) electrons. The fourth-order valence-corrected chi connectivity index (χ4v) is 4.88. The summed E-state index contributed by atoms with van der Waals surface area (Å²) in [5.74, 6) is -1.06.